The van der Waals surface area contributed by atoms with Crippen LogP contribution in [0.25, 0.3) is 0 Å². The molecule has 6 heteroatoms. The molecule has 1 fully saturated rings. The molecule has 0 radical (unpaired) electrons. The summed E-state index contributed by atoms with van der Waals surface area (Å²) in [5.41, 5.74) is 7.12. The lowest BCUT2D eigenvalue weighted by Gasteiger charge is -2.18. The number of nitrogens with two attached hydrogens (primary N) is 1. The quantitative estimate of drug-likeness (QED) is 0.555. The van der Waals surface area contributed by atoms with Crippen LogP contribution in [0.5, 0.6) is 0 Å². The highest BCUT2D eigenvalue weighted by Gasteiger charge is 2.45. The molecule has 0 saturated heterocycles. The van der Waals surface area contributed by atoms with E-state index < -0.39 is 0 Å². The topological polar surface area (TPSA) is 93.4 Å². The van der Waals surface area contributed by atoms with Gasteiger partial charge in [-0.2, -0.15) is 0 Å². The number of urea groups is 1. The number of amides is 2. The maximum Gasteiger partial charge on any atom is 0.315 e. The number of ether oxygens (including phenoxy) is 1. The van der Waals surface area contributed by atoms with Crippen LogP contribution in [-0.2, 0) is 15.1 Å². The number of benzene rings is 1. The van der Waals surface area contributed by atoms with Gasteiger partial charge in [0.1, 0.15) is 0 Å². The Hall–Kier alpha value is -2.24. The summed E-state index contributed by atoms with van der Waals surface area (Å²) in [7, 11) is 1.32. The van der Waals surface area contributed by atoms with Crippen molar-refractivity contribution >= 4 is 17.7 Å². The molecule has 0 unspecified atom stereocenters. The second-order valence-electron chi connectivity index (χ2n) is 4.91. The molecule has 0 bridgehead atoms. The number of hydrogen-bond donors (Lipinski definition) is 3. The van der Waals surface area contributed by atoms with Crippen molar-refractivity contribution in [2.24, 2.45) is 0 Å². The fourth-order valence-electron chi connectivity index (χ4n) is 2.05. The lowest BCUT2D eigenvalue weighted by atomic mass is 10.0. The molecule has 0 spiro atoms. The minimum atomic E-state index is -0.343. The maximum absolute atomic E-state index is 11.8. The summed E-state index contributed by atoms with van der Waals surface area (Å²) in [4.78, 5) is 22.7. The SMILES string of the molecule is COC(=O)CCNC(=O)NC1(c2ccc(N)cc2)CC1. The Morgan fingerprint density at radius 3 is 2.50 bits per heavy atom. The van der Waals surface area contributed by atoms with E-state index in [1.54, 1.807) is 0 Å². The van der Waals surface area contributed by atoms with Gasteiger partial charge in [-0.15, -0.1) is 0 Å². The van der Waals surface area contributed by atoms with Gasteiger partial charge >= 0.3 is 12.0 Å². The van der Waals surface area contributed by atoms with E-state index in [0.29, 0.717) is 5.69 Å². The molecule has 1 aromatic rings. The minimum absolute atomic E-state index is 0.165. The highest BCUT2D eigenvalue weighted by Crippen LogP contribution is 2.45. The van der Waals surface area contributed by atoms with E-state index in [1.807, 2.05) is 24.3 Å². The number of nitrogens with one attached hydrogen (secondary N) is 2. The standard InChI is InChI=1S/C14H19N3O3/c1-20-12(18)6-9-16-13(19)17-14(7-8-14)10-2-4-11(15)5-3-10/h2-5H,6-9,15H2,1H3,(H2,16,17,19). The van der Waals surface area contributed by atoms with Crippen LogP contribution in [0, 0.1) is 0 Å². The van der Waals surface area contributed by atoms with E-state index in [1.165, 1.54) is 7.11 Å². The number of nitrogen functional groups attached to an aromatic ring is 1. The van der Waals surface area contributed by atoms with Crippen LogP contribution in [0.3, 0.4) is 0 Å². The number of hydrogen-bond acceptors (Lipinski definition) is 4. The molecule has 0 atom stereocenters. The third kappa shape index (κ3) is 3.40. The molecule has 20 heavy (non-hydrogen) atoms. The number of carbonyl (C=O) groups excluding carboxylic acids is 2. The first-order valence-corrected chi connectivity index (χ1v) is 6.54. The smallest absolute Gasteiger partial charge is 0.315 e. The van der Waals surface area contributed by atoms with E-state index in [-0.39, 0.29) is 30.5 Å². The van der Waals surface area contributed by atoms with Gasteiger partial charge < -0.3 is 21.1 Å². The maximum atomic E-state index is 11.8. The average molecular weight is 277 g/mol. The van der Waals surface area contributed by atoms with Crippen LogP contribution in [-0.4, -0.2) is 25.7 Å². The number of anilines is 1. The molecule has 1 saturated carbocycles. The summed E-state index contributed by atoms with van der Waals surface area (Å²) in [6, 6.07) is 7.23. The summed E-state index contributed by atoms with van der Waals surface area (Å²) < 4.78 is 4.50. The summed E-state index contributed by atoms with van der Waals surface area (Å²) >= 11 is 0. The third-order valence-corrected chi connectivity index (χ3v) is 3.41. The number of esters is 1. The van der Waals surface area contributed by atoms with E-state index in [2.05, 4.69) is 15.4 Å². The highest BCUT2D eigenvalue weighted by atomic mass is 16.5. The van der Waals surface area contributed by atoms with Crippen LogP contribution >= 0.6 is 0 Å². The Bertz CT molecular complexity index is 495. The van der Waals surface area contributed by atoms with Crippen LogP contribution in [0.2, 0.25) is 0 Å². The van der Waals surface area contributed by atoms with E-state index in [0.717, 1.165) is 18.4 Å². The van der Waals surface area contributed by atoms with Gasteiger partial charge in [0.15, 0.2) is 0 Å². The van der Waals surface area contributed by atoms with Crippen molar-refractivity contribution in [1.82, 2.24) is 10.6 Å². The molecule has 2 rings (SSSR count). The summed E-state index contributed by atoms with van der Waals surface area (Å²) in [6.45, 7) is 0.260. The fourth-order valence-corrected chi connectivity index (χ4v) is 2.05. The van der Waals surface area contributed by atoms with Crippen LogP contribution in [0.1, 0.15) is 24.8 Å². The molecular weight excluding hydrogens is 258 g/mol. The lowest BCUT2D eigenvalue weighted by molar-refractivity contribution is -0.140. The molecule has 0 aliphatic heterocycles. The van der Waals surface area contributed by atoms with Crippen LogP contribution in [0.15, 0.2) is 24.3 Å². The van der Waals surface area contributed by atoms with Crippen molar-refractivity contribution in [3.8, 4) is 0 Å². The predicted molar refractivity (Wildman–Crippen MR) is 74.9 cm³/mol. The van der Waals surface area contributed by atoms with Gasteiger partial charge in [0, 0.05) is 12.2 Å². The zero-order chi connectivity index (χ0) is 14.6. The van der Waals surface area contributed by atoms with Gasteiger partial charge in [-0.3, -0.25) is 4.79 Å². The lowest BCUT2D eigenvalue weighted by Crippen LogP contribution is -2.42. The summed E-state index contributed by atoms with van der Waals surface area (Å²) in [5.74, 6) is -0.343. The van der Waals surface area contributed by atoms with Gasteiger partial charge in [-0.1, -0.05) is 12.1 Å². The number of carbonyl (C=O) groups is 2. The number of methoxy groups -OCH3 is 1. The van der Waals surface area contributed by atoms with Crippen molar-refractivity contribution in [2.75, 3.05) is 19.4 Å². The van der Waals surface area contributed by atoms with Crippen molar-refractivity contribution in [2.45, 2.75) is 24.8 Å². The first-order valence-electron chi connectivity index (χ1n) is 6.54. The van der Waals surface area contributed by atoms with Gasteiger partial charge in [0.25, 0.3) is 0 Å². The van der Waals surface area contributed by atoms with Crippen LogP contribution < -0.4 is 16.4 Å². The average Bonchev–Trinajstić information content (AvgIpc) is 3.20. The van der Waals surface area contributed by atoms with E-state index >= 15 is 0 Å². The summed E-state index contributed by atoms with van der Waals surface area (Å²) in [5, 5.41) is 5.60. The molecular formula is C14H19N3O3. The Balaban J connectivity index is 1.84. The Labute approximate surface area is 117 Å². The molecule has 0 heterocycles. The molecule has 1 aliphatic carbocycles. The van der Waals surface area contributed by atoms with Gasteiger partial charge in [-0.25, -0.2) is 4.79 Å². The number of rotatable bonds is 5. The van der Waals surface area contributed by atoms with Gasteiger partial charge in [0.05, 0.1) is 19.1 Å². The zero-order valence-electron chi connectivity index (χ0n) is 11.4. The molecule has 6 nitrogen and oxygen atoms in total. The molecule has 108 valence electrons. The largest absolute Gasteiger partial charge is 0.469 e. The second kappa shape index (κ2) is 5.81. The fraction of sp³-hybridized carbons (Fsp3) is 0.429. The Morgan fingerprint density at radius 2 is 1.95 bits per heavy atom. The third-order valence-electron chi connectivity index (χ3n) is 3.41. The molecule has 4 N–H and O–H groups in total. The first kappa shape index (κ1) is 14.2. The molecule has 0 aromatic heterocycles. The summed E-state index contributed by atoms with van der Waals surface area (Å²) in [6.07, 6.45) is 1.97. The van der Waals surface area contributed by atoms with Crippen molar-refractivity contribution < 1.29 is 14.3 Å². The van der Waals surface area contributed by atoms with Crippen molar-refractivity contribution in [3.63, 3.8) is 0 Å². The minimum Gasteiger partial charge on any atom is -0.469 e. The van der Waals surface area contributed by atoms with Gasteiger partial charge in [-0.05, 0) is 30.5 Å². The molecule has 1 aliphatic rings. The molecule has 1 aromatic carbocycles. The first-order chi connectivity index (χ1) is 9.55. The van der Waals surface area contributed by atoms with E-state index in [4.69, 9.17) is 5.73 Å². The van der Waals surface area contributed by atoms with Gasteiger partial charge in [0.2, 0.25) is 0 Å². The normalized spacial score (nSPS) is 15.2. The van der Waals surface area contributed by atoms with Crippen molar-refractivity contribution in [1.29, 1.82) is 0 Å². The second-order valence-corrected chi connectivity index (χ2v) is 4.91. The van der Waals surface area contributed by atoms with Crippen LogP contribution in [0.4, 0.5) is 10.5 Å². The Morgan fingerprint density at radius 1 is 1.30 bits per heavy atom. The highest BCUT2D eigenvalue weighted by molar-refractivity contribution is 5.77. The predicted octanol–water partition coefficient (Wildman–Crippen LogP) is 1.12. The van der Waals surface area contributed by atoms with E-state index in [9.17, 15) is 9.59 Å². The molecule has 2 amide bonds. The zero-order valence-corrected chi connectivity index (χ0v) is 11.4. The van der Waals surface area contributed by atoms with Crippen molar-refractivity contribution in [3.05, 3.63) is 29.8 Å². The Kier molecular flexibility index (Phi) is 4.12. The monoisotopic (exact) mass is 277 g/mol.